The lowest BCUT2D eigenvalue weighted by Crippen LogP contribution is -2.45. The molecule has 96 valence electrons. The molecule has 0 bridgehead atoms. The van der Waals surface area contributed by atoms with Crippen molar-refractivity contribution in [1.82, 2.24) is 15.0 Å². The first-order chi connectivity index (χ1) is 7.77. The smallest absolute Gasteiger partial charge is 0.231 e. The Hall–Kier alpha value is -1.14. The minimum atomic E-state index is -0.464. The Morgan fingerprint density at radius 1 is 1.12 bits per heavy atom. The maximum atomic E-state index is 9.32. The number of nitrogens with zero attached hydrogens (tertiary/aromatic N) is 5. The molecule has 0 spiro atoms. The first-order valence-corrected chi connectivity index (χ1v) is 5.59. The number of rotatable bonds is 4. The molecule has 6 nitrogen and oxygen atoms in total. The molecule has 0 amide bonds. The summed E-state index contributed by atoms with van der Waals surface area (Å²) in [6.07, 6.45) is 0. The second-order valence-corrected chi connectivity index (χ2v) is 4.97. The quantitative estimate of drug-likeness (QED) is 0.863. The zero-order valence-electron chi connectivity index (χ0n) is 10.8. The van der Waals surface area contributed by atoms with Crippen molar-refractivity contribution in [1.29, 1.82) is 0 Å². The third-order valence-corrected chi connectivity index (χ3v) is 2.75. The van der Waals surface area contributed by atoms with Crippen LogP contribution in [0.4, 0.5) is 11.9 Å². The van der Waals surface area contributed by atoms with Gasteiger partial charge in [-0.05, 0) is 25.4 Å². The van der Waals surface area contributed by atoms with Crippen LogP contribution in [0, 0.1) is 0 Å². The van der Waals surface area contributed by atoms with Crippen molar-refractivity contribution in [2.24, 2.45) is 0 Å². The van der Waals surface area contributed by atoms with E-state index < -0.39 is 5.54 Å². The number of likely N-dealkylation sites (N-methyl/N-ethyl adjacent to an activating group) is 1. The van der Waals surface area contributed by atoms with Crippen molar-refractivity contribution in [3.05, 3.63) is 5.28 Å². The van der Waals surface area contributed by atoms with E-state index in [1.807, 2.05) is 27.9 Å². The van der Waals surface area contributed by atoms with Crippen molar-refractivity contribution in [2.45, 2.75) is 19.4 Å². The molecule has 1 N–H and O–H groups in total. The first-order valence-electron chi connectivity index (χ1n) is 5.21. The third kappa shape index (κ3) is 3.17. The van der Waals surface area contributed by atoms with E-state index in [0.29, 0.717) is 11.9 Å². The number of hydrogen-bond donors (Lipinski definition) is 1. The molecule has 0 aliphatic carbocycles. The highest BCUT2D eigenvalue weighted by atomic mass is 35.5. The number of anilines is 2. The van der Waals surface area contributed by atoms with Crippen LogP contribution in [0.5, 0.6) is 0 Å². The molecule has 0 atom stereocenters. The molecule has 1 aromatic rings. The summed E-state index contributed by atoms with van der Waals surface area (Å²) < 4.78 is 0. The molecule has 1 heterocycles. The van der Waals surface area contributed by atoms with Gasteiger partial charge in [0.1, 0.15) is 0 Å². The average Bonchev–Trinajstić information content (AvgIpc) is 2.27. The molecular formula is C10H18ClN5O. The second-order valence-electron chi connectivity index (χ2n) is 4.63. The predicted octanol–water partition coefficient (Wildman–Crippen LogP) is 0.798. The van der Waals surface area contributed by atoms with E-state index >= 15 is 0 Å². The highest BCUT2D eigenvalue weighted by Gasteiger charge is 2.25. The van der Waals surface area contributed by atoms with Gasteiger partial charge in [0.25, 0.3) is 0 Å². The molecule has 0 saturated heterocycles. The van der Waals surface area contributed by atoms with E-state index in [1.165, 1.54) is 0 Å². The van der Waals surface area contributed by atoms with Gasteiger partial charge < -0.3 is 14.9 Å². The fourth-order valence-corrected chi connectivity index (χ4v) is 1.21. The lowest BCUT2D eigenvalue weighted by Gasteiger charge is -2.34. The maximum absolute atomic E-state index is 9.32. The standard InChI is InChI=1S/C10H18ClN5O/c1-10(2,6-17)16(5)9-13-7(11)12-8(14-9)15(3)4/h17H,6H2,1-5H3. The van der Waals surface area contributed by atoms with Gasteiger partial charge >= 0.3 is 0 Å². The van der Waals surface area contributed by atoms with Gasteiger partial charge in [-0.2, -0.15) is 15.0 Å². The van der Waals surface area contributed by atoms with Crippen molar-refractivity contribution < 1.29 is 5.11 Å². The molecule has 0 fully saturated rings. The van der Waals surface area contributed by atoms with E-state index in [4.69, 9.17) is 11.6 Å². The fourth-order valence-electron chi connectivity index (χ4n) is 1.06. The number of halogens is 1. The van der Waals surface area contributed by atoms with Crippen molar-refractivity contribution in [3.63, 3.8) is 0 Å². The van der Waals surface area contributed by atoms with Crippen LogP contribution in [0.3, 0.4) is 0 Å². The minimum Gasteiger partial charge on any atom is -0.394 e. The number of hydrogen-bond acceptors (Lipinski definition) is 6. The van der Waals surface area contributed by atoms with E-state index in [2.05, 4.69) is 15.0 Å². The minimum absolute atomic E-state index is 0.00982. The normalized spacial score (nSPS) is 11.5. The summed E-state index contributed by atoms with van der Waals surface area (Å²) in [6.45, 7) is 3.77. The lowest BCUT2D eigenvalue weighted by molar-refractivity contribution is 0.215. The van der Waals surface area contributed by atoms with E-state index in [-0.39, 0.29) is 11.9 Å². The predicted molar refractivity (Wildman–Crippen MR) is 68.7 cm³/mol. The van der Waals surface area contributed by atoms with Crippen LogP contribution in [-0.4, -0.2) is 53.3 Å². The largest absolute Gasteiger partial charge is 0.394 e. The Bertz CT molecular complexity index is 396. The van der Waals surface area contributed by atoms with Gasteiger partial charge in [-0.25, -0.2) is 0 Å². The van der Waals surface area contributed by atoms with Gasteiger partial charge in [-0.3, -0.25) is 0 Å². The molecule has 7 heteroatoms. The summed E-state index contributed by atoms with van der Waals surface area (Å²) in [6, 6.07) is 0. The second kappa shape index (κ2) is 5.01. The molecule has 0 saturated carbocycles. The molecule has 0 unspecified atom stereocenters. The fraction of sp³-hybridized carbons (Fsp3) is 0.700. The average molecular weight is 260 g/mol. The van der Waals surface area contributed by atoms with Gasteiger partial charge in [0.15, 0.2) is 0 Å². The Labute approximate surface area is 106 Å². The third-order valence-electron chi connectivity index (χ3n) is 2.58. The first kappa shape index (κ1) is 13.9. The topological polar surface area (TPSA) is 65.4 Å². The van der Waals surface area contributed by atoms with Crippen LogP contribution in [0.1, 0.15) is 13.8 Å². The molecule has 1 aromatic heterocycles. The summed E-state index contributed by atoms with van der Waals surface area (Å²) in [5, 5.41) is 9.46. The summed E-state index contributed by atoms with van der Waals surface area (Å²) in [4.78, 5) is 15.9. The molecule has 17 heavy (non-hydrogen) atoms. The van der Waals surface area contributed by atoms with Crippen molar-refractivity contribution in [2.75, 3.05) is 37.5 Å². The van der Waals surface area contributed by atoms with Gasteiger partial charge in [-0.1, -0.05) is 0 Å². The molecule has 1 rings (SSSR count). The highest BCUT2D eigenvalue weighted by molar-refractivity contribution is 6.28. The monoisotopic (exact) mass is 259 g/mol. The summed E-state index contributed by atoms with van der Waals surface area (Å²) in [7, 11) is 5.46. The molecule has 0 aromatic carbocycles. The summed E-state index contributed by atoms with van der Waals surface area (Å²) in [5.41, 5.74) is -0.464. The van der Waals surface area contributed by atoms with Crippen LogP contribution >= 0.6 is 11.6 Å². The van der Waals surface area contributed by atoms with Crippen LogP contribution in [0.25, 0.3) is 0 Å². The molecule has 0 aliphatic rings. The van der Waals surface area contributed by atoms with E-state index in [1.54, 1.807) is 16.8 Å². The van der Waals surface area contributed by atoms with E-state index in [9.17, 15) is 5.11 Å². The SMILES string of the molecule is CN(C)c1nc(Cl)nc(N(C)C(C)(C)CO)n1. The van der Waals surface area contributed by atoms with Crippen LogP contribution in [0.15, 0.2) is 0 Å². The van der Waals surface area contributed by atoms with E-state index in [0.717, 1.165) is 0 Å². The Balaban J connectivity index is 3.14. The van der Waals surface area contributed by atoms with Crippen molar-refractivity contribution in [3.8, 4) is 0 Å². The van der Waals surface area contributed by atoms with Crippen LogP contribution in [-0.2, 0) is 0 Å². The molecular weight excluding hydrogens is 242 g/mol. The maximum Gasteiger partial charge on any atom is 0.231 e. The molecule has 0 radical (unpaired) electrons. The Morgan fingerprint density at radius 3 is 2.12 bits per heavy atom. The number of aliphatic hydroxyl groups excluding tert-OH is 1. The lowest BCUT2D eigenvalue weighted by atomic mass is 10.1. The van der Waals surface area contributed by atoms with Crippen LogP contribution in [0.2, 0.25) is 5.28 Å². The number of aromatic nitrogens is 3. The van der Waals surface area contributed by atoms with Gasteiger partial charge in [-0.15, -0.1) is 0 Å². The van der Waals surface area contributed by atoms with Crippen LogP contribution < -0.4 is 9.80 Å². The summed E-state index contributed by atoms with van der Waals surface area (Å²) >= 11 is 5.85. The molecule has 0 aliphatic heterocycles. The zero-order valence-corrected chi connectivity index (χ0v) is 11.5. The highest BCUT2D eigenvalue weighted by Crippen LogP contribution is 2.20. The van der Waals surface area contributed by atoms with Crippen molar-refractivity contribution >= 4 is 23.5 Å². The Morgan fingerprint density at radius 2 is 1.65 bits per heavy atom. The van der Waals surface area contributed by atoms with Gasteiger partial charge in [0, 0.05) is 21.1 Å². The Kier molecular flexibility index (Phi) is 4.11. The zero-order chi connectivity index (χ0) is 13.2. The summed E-state index contributed by atoms with van der Waals surface area (Å²) in [5.74, 6) is 0.924. The van der Waals surface area contributed by atoms with Gasteiger partial charge in [0.2, 0.25) is 17.2 Å². The number of aliphatic hydroxyl groups is 1. The van der Waals surface area contributed by atoms with Gasteiger partial charge in [0.05, 0.1) is 12.1 Å².